The van der Waals surface area contributed by atoms with Crippen molar-refractivity contribution in [2.75, 3.05) is 0 Å². The van der Waals surface area contributed by atoms with E-state index >= 15 is 0 Å². The SMILES string of the molecule is C=CC[Si](C)(C)OC(CC)CCCCCCCCCCC. The highest BCUT2D eigenvalue weighted by Crippen LogP contribution is 2.20. The molecule has 0 rings (SSSR count). The Labute approximate surface area is 135 Å². The van der Waals surface area contributed by atoms with Crippen LogP contribution in [0, 0.1) is 0 Å². The molecule has 2 heteroatoms. The van der Waals surface area contributed by atoms with Gasteiger partial charge in [-0.2, -0.15) is 0 Å². The zero-order valence-electron chi connectivity index (χ0n) is 15.3. The highest BCUT2D eigenvalue weighted by molar-refractivity contribution is 6.71. The van der Waals surface area contributed by atoms with Gasteiger partial charge in [-0.3, -0.25) is 0 Å². The van der Waals surface area contributed by atoms with Gasteiger partial charge in [-0.05, 0) is 32.0 Å². The molecule has 0 aliphatic carbocycles. The summed E-state index contributed by atoms with van der Waals surface area (Å²) in [5, 5.41) is 0. The predicted octanol–water partition coefficient (Wildman–Crippen LogP) is 7.09. The van der Waals surface area contributed by atoms with Crippen molar-refractivity contribution in [3.63, 3.8) is 0 Å². The van der Waals surface area contributed by atoms with Crippen LogP contribution in [-0.2, 0) is 4.43 Å². The molecule has 0 aromatic rings. The zero-order chi connectivity index (χ0) is 16.0. The second-order valence-corrected chi connectivity index (χ2v) is 11.2. The van der Waals surface area contributed by atoms with Crippen LogP contribution in [0.3, 0.4) is 0 Å². The maximum absolute atomic E-state index is 6.37. The first-order chi connectivity index (χ1) is 10.1. The van der Waals surface area contributed by atoms with Crippen LogP contribution in [0.4, 0.5) is 0 Å². The lowest BCUT2D eigenvalue weighted by Crippen LogP contribution is -2.34. The molecular formula is C19H40OSi. The molecule has 0 aliphatic heterocycles. The normalized spacial score (nSPS) is 13.3. The second kappa shape index (κ2) is 13.6. The lowest BCUT2D eigenvalue weighted by Gasteiger charge is -2.28. The molecule has 1 atom stereocenters. The van der Waals surface area contributed by atoms with Gasteiger partial charge in [0.15, 0.2) is 8.32 Å². The van der Waals surface area contributed by atoms with E-state index in [0.717, 1.165) is 12.5 Å². The zero-order valence-corrected chi connectivity index (χ0v) is 16.3. The van der Waals surface area contributed by atoms with Crippen LogP contribution < -0.4 is 0 Å². The van der Waals surface area contributed by atoms with Gasteiger partial charge in [0.2, 0.25) is 0 Å². The molecule has 0 fully saturated rings. The van der Waals surface area contributed by atoms with E-state index in [9.17, 15) is 0 Å². The highest BCUT2D eigenvalue weighted by atomic mass is 28.4. The Morgan fingerprint density at radius 2 is 1.43 bits per heavy atom. The fourth-order valence-corrected chi connectivity index (χ4v) is 4.85. The summed E-state index contributed by atoms with van der Waals surface area (Å²) in [6.07, 6.45) is 17.6. The van der Waals surface area contributed by atoms with Crippen molar-refractivity contribution in [1.82, 2.24) is 0 Å². The van der Waals surface area contributed by atoms with Gasteiger partial charge < -0.3 is 4.43 Å². The second-order valence-electron chi connectivity index (χ2n) is 7.02. The van der Waals surface area contributed by atoms with E-state index in [0.29, 0.717) is 6.10 Å². The quantitative estimate of drug-likeness (QED) is 0.178. The van der Waals surface area contributed by atoms with E-state index in [4.69, 9.17) is 4.43 Å². The lowest BCUT2D eigenvalue weighted by molar-refractivity contribution is 0.173. The fraction of sp³-hybridized carbons (Fsp3) is 0.895. The largest absolute Gasteiger partial charge is 0.414 e. The van der Waals surface area contributed by atoms with E-state index in [2.05, 4.69) is 33.5 Å². The average molecular weight is 313 g/mol. The Bertz CT molecular complexity index is 238. The van der Waals surface area contributed by atoms with Crippen molar-refractivity contribution in [3.05, 3.63) is 12.7 Å². The third kappa shape index (κ3) is 13.3. The Hall–Kier alpha value is -0.0831. The van der Waals surface area contributed by atoms with Crippen LogP contribution in [0.25, 0.3) is 0 Å². The molecule has 0 aromatic heterocycles. The van der Waals surface area contributed by atoms with E-state index in [1.165, 1.54) is 64.2 Å². The predicted molar refractivity (Wildman–Crippen MR) is 99.5 cm³/mol. The minimum Gasteiger partial charge on any atom is -0.414 e. The van der Waals surface area contributed by atoms with Gasteiger partial charge in [-0.15, -0.1) is 6.58 Å². The summed E-state index contributed by atoms with van der Waals surface area (Å²) < 4.78 is 6.37. The first kappa shape index (κ1) is 20.9. The molecule has 1 nitrogen and oxygen atoms in total. The number of hydrogen-bond acceptors (Lipinski definition) is 1. The molecule has 0 aliphatic rings. The Kier molecular flexibility index (Phi) is 13.5. The van der Waals surface area contributed by atoms with Gasteiger partial charge in [0.25, 0.3) is 0 Å². The fourth-order valence-electron chi connectivity index (χ4n) is 2.88. The van der Waals surface area contributed by atoms with Crippen LogP contribution >= 0.6 is 0 Å². The molecule has 0 aromatic carbocycles. The third-order valence-corrected chi connectivity index (χ3v) is 6.45. The van der Waals surface area contributed by atoms with Crippen LogP contribution in [0.5, 0.6) is 0 Å². The standard InChI is InChI=1S/C19H40OSi/c1-6-9-10-11-12-13-14-15-16-17-19(8-3)20-21(4,5)18-7-2/h7,19H,2,6,8-18H2,1,3-5H3. The van der Waals surface area contributed by atoms with E-state index in [1.54, 1.807) is 0 Å². The summed E-state index contributed by atoms with van der Waals surface area (Å²) >= 11 is 0. The van der Waals surface area contributed by atoms with Gasteiger partial charge in [0.05, 0.1) is 0 Å². The van der Waals surface area contributed by atoms with E-state index in [-0.39, 0.29) is 0 Å². The molecule has 0 spiro atoms. The molecule has 0 heterocycles. The van der Waals surface area contributed by atoms with Gasteiger partial charge in [0, 0.05) is 6.10 Å². The smallest absolute Gasteiger partial charge is 0.190 e. The molecule has 0 N–H and O–H groups in total. The monoisotopic (exact) mass is 312 g/mol. The maximum atomic E-state index is 6.37. The summed E-state index contributed by atoms with van der Waals surface area (Å²) in [6.45, 7) is 13.0. The summed E-state index contributed by atoms with van der Waals surface area (Å²) in [5.41, 5.74) is 0. The first-order valence-corrected chi connectivity index (χ1v) is 12.5. The molecule has 0 saturated carbocycles. The van der Waals surface area contributed by atoms with Gasteiger partial charge in [-0.1, -0.05) is 77.7 Å². The van der Waals surface area contributed by atoms with Gasteiger partial charge in [0.1, 0.15) is 0 Å². The molecule has 126 valence electrons. The lowest BCUT2D eigenvalue weighted by atomic mass is 10.0. The van der Waals surface area contributed by atoms with Crippen molar-refractivity contribution in [1.29, 1.82) is 0 Å². The molecule has 0 amide bonds. The average Bonchev–Trinajstić information content (AvgIpc) is 2.44. The van der Waals surface area contributed by atoms with Crippen LogP contribution in [-0.4, -0.2) is 14.4 Å². The Morgan fingerprint density at radius 1 is 0.905 bits per heavy atom. The van der Waals surface area contributed by atoms with E-state index < -0.39 is 8.32 Å². The summed E-state index contributed by atoms with van der Waals surface area (Å²) in [5.74, 6) is 0. The Morgan fingerprint density at radius 3 is 1.90 bits per heavy atom. The summed E-state index contributed by atoms with van der Waals surface area (Å²) in [6, 6.07) is 1.07. The molecular weight excluding hydrogens is 272 g/mol. The molecule has 21 heavy (non-hydrogen) atoms. The first-order valence-electron chi connectivity index (χ1n) is 9.34. The maximum Gasteiger partial charge on any atom is 0.190 e. The number of unbranched alkanes of at least 4 members (excludes halogenated alkanes) is 8. The van der Waals surface area contributed by atoms with E-state index in [1.807, 2.05) is 6.08 Å². The number of rotatable bonds is 15. The van der Waals surface area contributed by atoms with Crippen molar-refractivity contribution in [2.45, 2.75) is 110 Å². The summed E-state index contributed by atoms with van der Waals surface area (Å²) in [7, 11) is -1.50. The molecule has 0 bridgehead atoms. The van der Waals surface area contributed by atoms with Crippen molar-refractivity contribution in [3.8, 4) is 0 Å². The van der Waals surface area contributed by atoms with Gasteiger partial charge >= 0.3 is 0 Å². The number of allylic oxidation sites excluding steroid dienone is 1. The van der Waals surface area contributed by atoms with Crippen molar-refractivity contribution >= 4 is 8.32 Å². The van der Waals surface area contributed by atoms with Crippen LogP contribution in [0.2, 0.25) is 19.1 Å². The van der Waals surface area contributed by atoms with Crippen molar-refractivity contribution in [2.24, 2.45) is 0 Å². The van der Waals surface area contributed by atoms with Crippen molar-refractivity contribution < 1.29 is 4.43 Å². The molecule has 1 unspecified atom stereocenters. The molecule has 0 saturated heterocycles. The topological polar surface area (TPSA) is 9.23 Å². The number of hydrogen-bond donors (Lipinski definition) is 0. The van der Waals surface area contributed by atoms with Gasteiger partial charge in [-0.25, -0.2) is 0 Å². The molecule has 0 radical (unpaired) electrons. The minimum absolute atomic E-state index is 0.483. The van der Waals surface area contributed by atoms with Crippen LogP contribution in [0.15, 0.2) is 12.7 Å². The Balaban J connectivity index is 3.57. The van der Waals surface area contributed by atoms with Crippen LogP contribution in [0.1, 0.15) is 84.5 Å². The minimum atomic E-state index is -1.50. The summed E-state index contributed by atoms with van der Waals surface area (Å²) in [4.78, 5) is 0. The highest BCUT2D eigenvalue weighted by Gasteiger charge is 2.24. The third-order valence-electron chi connectivity index (χ3n) is 4.21.